The summed E-state index contributed by atoms with van der Waals surface area (Å²) in [5, 5.41) is 3.10. The van der Waals surface area contributed by atoms with Crippen LogP contribution in [0.15, 0.2) is 30.3 Å². The van der Waals surface area contributed by atoms with Gasteiger partial charge in [-0.15, -0.1) is 0 Å². The van der Waals surface area contributed by atoms with Gasteiger partial charge >= 0.3 is 0 Å². The fourth-order valence-electron chi connectivity index (χ4n) is 1.80. The average molecular weight is 323 g/mol. The SMILES string of the molecule is COc1cccc(C(=O)Nc2cc(OC)c(Cl)cc2OC)n1. The number of rotatable bonds is 5. The number of carbonyl (C=O) groups excluding carboxylic acids is 1. The molecule has 0 atom stereocenters. The van der Waals surface area contributed by atoms with Crippen LogP contribution in [0.2, 0.25) is 5.02 Å². The molecular formula is C15H15ClN2O4. The molecule has 1 aromatic carbocycles. The maximum Gasteiger partial charge on any atom is 0.274 e. The van der Waals surface area contributed by atoms with Crippen LogP contribution in [0.3, 0.4) is 0 Å². The normalized spacial score (nSPS) is 10.0. The third-order valence-electron chi connectivity index (χ3n) is 2.89. The first-order chi connectivity index (χ1) is 10.6. The first kappa shape index (κ1) is 15.9. The van der Waals surface area contributed by atoms with Crippen molar-refractivity contribution in [1.82, 2.24) is 4.98 Å². The lowest BCUT2D eigenvalue weighted by Crippen LogP contribution is -2.14. The molecule has 1 heterocycles. The molecule has 0 saturated carbocycles. The van der Waals surface area contributed by atoms with E-state index in [0.717, 1.165) is 0 Å². The van der Waals surface area contributed by atoms with E-state index in [4.69, 9.17) is 25.8 Å². The Balaban J connectivity index is 2.30. The van der Waals surface area contributed by atoms with E-state index in [-0.39, 0.29) is 5.69 Å². The number of benzene rings is 1. The van der Waals surface area contributed by atoms with Crippen LogP contribution in [0.25, 0.3) is 0 Å². The van der Waals surface area contributed by atoms with Crippen molar-refractivity contribution in [2.75, 3.05) is 26.6 Å². The summed E-state index contributed by atoms with van der Waals surface area (Å²) in [5.41, 5.74) is 0.647. The second-order valence-corrected chi connectivity index (χ2v) is 4.61. The molecule has 116 valence electrons. The third-order valence-corrected chi connectivity index (χ3v) is 3.18. The van der Waals surface area contributed by atoms with E-state index in [9.17, 15) is 4.79 Å². The van der Waals surface area contributed by atoms with Crippen molar-refractivity contribution < 1.29 is 19.0 Å². The molecule has 0 bridgehead atoms. The Morgan fingerprint density at radius 2 is 1.82 bits per heavy atom. The van der Waals surface area contributed by atoms with Crippen molar-refractivity contribution in [3.05, 3.63) is 41.0 Å². The molecule has 2 rings (SSSR count). The minimum absolute atomic E-state index is 0.218. The van der Waals surface area contributed by atoms with Crippen molar-refractivity contribution in [2.45, 2.75) is 0 Å². The Labute approximate surface area is 133 Å². The molecule has 22 heavy (non-hydrogen) atoms. The highest BCUT2D eigenvalue weighted by molar-refractivity contribution is 6.32. The highest BCUT2D eigenvalue weighted by Gasteiger charge is 2.15. The van der Waals surface area contributed by atoms with E-state index in [2.05, 4.69) is 10.3 Å². The first-order valence-electron chi connectivity index (χ1n) is 6.33. The summed E-state index contributed by atoms with van der Waals surface area (Å²) in [4.78, 5) is 16.3. The van der Waals surface area contributed by atoms with Crippen molar-refractivity contribution >= 4 is 23.2 Å². The van der Waals surface area contributed by atoms with E-state index >= 15 is 0 Å². The van der Waals surface area contributed by atoms with E-state index in [1.165, 1.54) is 21.3 Å². The van der Waals surface area contributed by atoms with Gasteiger partial charge in [-0.2, -0.15) is 0 Å². The van der Waals surface area contributed by atoms with Crippen molar-refractivity contribution in [3.63, 3.8) is 0 Å². The molecule has 2 aromatic rings. The van der Waals surface area contributed by atoms with E-state index in [0.29, 0.717) is 28.1 Å². The highest BCUT2D eigenvalue weighted by atomic mass is 35.5. The average Bonchev–Trinajstić information content (AvgIpc) is 2.55. The van der Waals surface area contributed by atoms with Crippen LogP contribution in [-0.4, -0.2) is 32.2 Å². The van der Waals surface area contributed by atoms with E-state index in [1.807, 2.05) is 0 Å². The molecule has 0 aliphatic rings. The summed E-state index contributed by atoms with van der Waals surface area (Å²) < 4.78 is 15.3. The zero-order chi connectivity index (χ0) is 16.1. The number of carbonyl (C=O) groups is 1. The van der Waals surface area contributed by atoms with Crippen LogP contribution in [0.4, 0.5) is 5.69 Å². The van der Waals surface area contributed by atoms with Gasteiger partial charge in [0.15, 0.2) is 0 Å². The lowest BCUT2D eigenvalue weighted by Gasteiger charge is -2.13. The fourth-order valence-corrected chi connectivity index (χ4v) is 2.03. The Morgan fingerprint density at radius 1 is 1.09 bits per heavy atom. The maximum atomic E-state index is 12.3. The Bertz CT molecular complexity index is 691. The largest absolute Gasteiger partial charge is 0.495 e. The number of ether oxygens (including phenoxy) is 3. The molecule has 7 heteroatoms. The van der Waals surface area contributed by atoms with Crippen molar-refractivity contribution in [1.29, 1.82) is 0 Å². The summed E-state index contributed by atoms with van der Waals surface area (Å²) in [7, 11) is 4.46. The molecule has 0 unspecified atom stereocenters. The van der Waals surface area contributed by atoms with Gasteiger partial charge in [0, 0.05) is 18.2 Å². The van der Waals surface area contributed by atoms with Crippen molar-refractivity contribution in [3.8, 4) is 17.4 Å². The number of nitrogens with zero attached hydrogens (tertiary/aromatic N) is 1. The molecule has 1 amide bonds. The summed E-state index contributed by atoms with van der Waals surface area (Å²) in [6.45, 7) is 0. The van der Waals surface area contributed by atoms with Gasteiger partial charge in [0.2, 0.25) is 5.88 Å². The lowest BCUT2D eigenvalue weighted by atomic mass is 10.2. The van der Waals surface area contributed by atoms with Gasteiger partial charge in [-0.25, -0.2) is 4.98 Å². The Kier molecular flexibility index (Phi) is 5.06. The minimum Gasteiger partial charge on any atom is -0.495 e. The number of amides is 1. The van der Waals surface area contributed by atoms with Gasteiger partial charge in [-0.1, -0.05) is 17.7 Å². The van der Waals surface area contributed by atoms with Gasteiger partial charge in [-0.05, 0) is 6.07 Å². The number of anilines is 1. The number of halogens is 1. The molecule has 1 N–H and O–H groups in total. The molecular weight excluding hydrogens is 308 g/mol. The predicted molar refractivity (Wildman–Crippen MR) is 83.3 cm³/mol. The molecule has 0 spiro atoms. The molecule has 0 aliphatic carbocycles. The van der Waals surface area contributed by atoms with Gasteiger partial charge < -0.3 is 19.5 Å². The van der Waals surface area contributed by atoms with Crippen LogP contribution in [0, 0.1) is 0 Å². The lowest BCUT2D eigenvalue weighted by molar-refractivity contribution is 0.102. The highest BCUT2D eigenvalue weighted by Crippen LogP contribution is 2.36. The molecule has 0 saturated heterocycles. The Morgan fingerprint density at radius 3 is 2.45 bits per heavy atom. The quantitative estimate of drug-likeness (QED) is 0.916. The number of nitrogens with one attached hydrogen (secondary N) is 1. The van der Waals surface area contributed by atoms with Crippen LogP contribution < -0.4 is 19.5 Å². The third kappa shape index (κ3) is 3.40. The molecule has 0 fully saturated rings. The van der Waals surface area contributed by atoms with E-state index < -0.39 is 5.91 Å². The van der Waals surface area contributed by atoms with Crippen LogP contribution in [-0.2, 0) is 0 Å². The topological polar surface area (TPSA) is 69.7 Å². The van der Waals surface area contributed by atoms with Crippen LogP contribution in [0.5, 0.6) is 17.4 Å². The first-order valence-corrected chi connectivity index (χ1v) is 6.70. The summed E-state index contributed by atoms with van der Waals surface area (Å²) in [6.07, 6.45) is 0. The fraction of sp³-hybridized carbons (Fsp3) is 0.200. The van der Waals surface area contributed by atoms with Crippen molar-refractivity contribution in [2.24, 2.45) is 0 Å². The summed E-state index contributed by atoms with van der Waals surface area (Å²) >= 11 is 6.03. The second kappa shape index (κ2) is 7.00. The summed E-state index contributed by atoms with van der Waals surface area (Å²) in [6, 6.07) is 8.06. The summed E-state index contributed by atoms with van der Waals surface area (Å²) in [5.74, 6) is 0.799. The van der Waals surface area contributed by atoms with Gasteiger partial charge in [0.05, 0.1) is 32.0 Å². The maximum absolute atomic E-state index is 12.3. The zero-order valence-corrected chi connectivity index (χ0v) is 13.1. The number of hydrogen-bond acceptors (Lipinski definition) is 5. The van der Waals surface area contributed by atoms with E-state index in [1.54, 1.807) is 30.3 Å². The molecule has 1 aromatic heterocycles. The monoisotopic (exact) mass is 322 g/mol. The minimum atomic E-state index is -0.401. The van der Waals surface area contributed by atoms with Gasteiger partial charge in [-0.3, -0.25) is 4.79 Å². The van der Waals surface area contributed by atoms with Crippen LogP contribution in [0.1, 0.15) is 10.5 Å². The second-order valence-electron chi connectivity index (χ2n) is 4.21. The molecule has 0 radical (unpaired) electrons. The van der Waals surface area contributed by atoms with Crippen LogP contribution >= 0.6 is 11.6 Å². The smallest absolute Gasteiger partial charge is 0.274 e. The molecule has 6 nitrogen and oxygen atoms in total. The standard InChI is InChI=1S/C15H15ClN2O4/c1-20-12-8-11(13(21-2)7-9(12)16)18-15(19)10-5-4-6-14(17-10)22-3/h4-8H,1-3H3,(H,18,19). The number of hydrogen-bond donors (Lipinski definition) is 1. The number of pyridine rings is 1. The molecule has 0 aliphatic heterocycles. The zero-order valence-electron chi connectivity index (χ0n) is 12.3. The van der Waals surface area contributed by atoms with Gasteiger partial charge in [0.1, 0.15) is 17.2 Å². The number of aromatic nitrogens is 1. The predicted octanol–water partition coefficient (Wildman–Crippen LogP) is 3.01. The van der Waals surface area contributed by atoms with Gasteiger partial charge in [0.25, 0.3) is 5.91 Å². The number of methoxy groups -OCH3 is 3. The Hall–Kier alpha value is -2.47.